The smallest absolute Gasteiger partial charge is 0.378 e. The largest absolute Gasteiger partial charge is 0.416 e. The van der Waals surface area contributed by atoms with E-state index in [0.717, 1.165) is 18.2 Å². The maximum Gasteiger partial charge on any atom is 0.416 e. The lowest BCUT2D eigenvalue weighted by Gasteiger charge is -2.31. The Labute approximate surface area is 170 Å². The van der Waals surface area contributed by atoms with Gasteiger partial charge in [-0.25, -0.2) is 8.42 Å². The van der Waals surface area contributed by atoms with Crippen molar-refractivity contribution in [1.29, 1.82) is 0 Å². The van der Waals surface area contributed by atoms with Crippen molar-refractivity contribution in [2.75, 3.05) is 35.9 Å². The fourth-order valence-corrected chi connectivity index (χ4v) is 4.32. The molecule has 0 saturated carbocycles. The van der Waals surface area contributed by atoms with Crippen LogP contribution in [0, 0.1) is 10.1 Å². The number of anilines is 2. The van der Waals surface area contributed by atoms with Crippen LogP contribution >= 0.6 is 0 Å². The Morgan fingerprint density at radius 2 is 1.80 bits per heavy atom. The molecule has 30 heavy (non-hydrogen) atoms. The van der Waals surface area contributed by atoms with E-state index in [9.17, 15) is 31.7 Å². The summed E-state index contributed by atoms with van der Waals surface area (Å²) in [6, 6.07) is 8.09. The highest BCUT2D eigenvalue weighted by Gasteiger charge is 2.32. The summed E-state index contributed by atoms with van der Waals surface area (Å²) in [6.07, 6.45) is -4.66. The lowest BCUT2D eigenvalue weighted by molar-refractivity contribution is -0.385. The fraction of sp³-hybridized carbons (Fsp3) is 0.333. The third-order valence-electron chi connectivity index (χ3n) is 4.47. The van der Waals surface area contributed by atoms with Crippen molar-refractivity contribution in [2.24, 2.45) is 0 Å². The van der Waals surface area contributed by atoms with Crippen LogP contribution in [0.2, 0.25) is 0 Å². The minimum Gasteiger partial charge on any atom is -0.378 e. The van der Waals surface area contributed by atoms with Gasteiger partial charge >= 0.3 is 6.18 Å². The van der Waals surface area contributed by atoms with Crippen LogP contribution in [0.5, 0.6) is 0 Å². The Kier molecular flexibility index (Phi) is 6.17. The minimum absolute atomic E-state index is 0.0742. The summed E-state index contributed by atoms with van der Waals surface area (Å²) in [5.74, 6) is -0.761. The number of morpholine rings is 1. The van der Waals surface area contributed by atoms with Gasteiger partial charge in [-0.2, -0.15) is 13.2 Å². The molecule has 1 fully saturated rings. The van der Waals surface area contributed by atoms with Gasteiger partial charge in [-0.1, -0.05) is 18.2 Å². The van der Waals surface area contributed by atoms with Crippen LogP contribution in [-0.2, 0) is 26.7 Å². The number of nitrogens with zero attached hydrogens (tertiary/aromatic N) is 2. The van der Waals surface area contributed by atoms with Crippen LogP contribution in [0.25, 0.3) is 0 Å². The molecule has 3 rings (SSSR count). The van der Waals surface area contributed by atoms with Crippen molar-refractivity contribution < 1.29 is 31.2 Å². The van der Waals surface area contributed by atoms with E-state index < -0.39 is 32.4 Å². The summed E-state index contributed by atoms with van der Waals surface area (Å²) >= 11 is 0. The van der Waals surface area contributed by atoms with Gasteiger partial charge in [0.15, 0.2) is 0 Å². The Balaban J connectivity index is 1.96. The molecule has 0 atom stereocenters. The van der Waals surface area contributed by atoms with Gasteiger partial charge in [-0.15, -0.1) is 0 Å². The van der Waals surface area contributed by atoms with Gasteiger partial charge < -0.3 is 9.64 Å². The zero-order chi connectivity index (χ0) is 21.9. The second kappa shape index (κ2) is 8.48. The molecule has 1 heterocycles. The van der Waals surface area contributed by atoms with Crippen LogP contribution < -0.4 is 9.62 Å². The van der Waals surface area contributed by atoms with E-state index in [1.807, 2.05) is 0 Å². The van der Waals surface area contributed by atoms with Gasteiger partial charge in [0.25, 0.3) is 5.69 Å². The predicted molar refractivity (Wildman–Crippen MR) is 104 cm³/mol. The number of benzene rings is 2. The average Bonchev–Trinajstić information content (AvgIpc) is 2.67. The molecule has 1 N–H and O–H groups in total. The molecule has 0 bridgehead atoms. The van der Waals surface area contributed by atoms with E-state index >= 15 is 0 Å². The highest BCUT2D eigenvalue weighted by molar-refractivity contribution is 7.91. The standard InChI is InChI=1S/C18H18F3N3O5S/c19-18(20,21)14-5-6-17(23-7-9-29-10-8-23)15(11-14)22-30(27,28)12-13-3-1-2-4-16(13)24(25)26/h1-6,11,22H,7-10,12H2. The Bertz CT molecular complexity index is 1040. The molecule has 2 aromatic carbocycles. The minimum atomic E-state index is -4.66. The predicted octanol–water partition coefficient (Wildman–Crippen LogP) is 3.39. The summed E-state index contributed by atoms with van der Waals surface area (Å²) in [5.41, 5.74) is -1.44. The second-order valence-corrected chi connectivity index (χ2v) is 8.30. The number of nitro benzene ring substituents is 1. The summed E-state index contributed by atoms with van der Waals surface area (Å²) in [6.45, 7) is 1.46. The molecular weight excluding hydrogens is 427 g/mol. The molecule has 162 valence electrons. The number of hydrogen-bond donors (Lipinski definition) is 1. The van der Waals surface area contributed by atoms with Crippen LogP contribution in [0.15, 0.2) is 42.5 Å². The van der Waals surface area contributed by atoms with E-state index in [-0.39, 0.29) is 22.6 Å². The number of hydrogen-bond acceptors (Lipinski definition) is 6. The van der Waals surface area contributed by atoms with Crippen LogP contribution in [0.4, 0.5) is 30.2 Å². The highest BCUT2D eigenvalue weighted by atomic mass is 32.2. The first-order valence-corrected chi connectivity index (χ1v) is 10.5. The van der Waals surface area contributed by atoms with Crippen molar-refractivity contribution in [2.45, 2.75) is 11.9 Å². The first kappa shape index (κ1) is 21.8. The van der Waals surface area contributed by atoms with Gasteiger partial charge in [-0.3, -0.25) is 14.8 Å². The third-order valence-corrected chi connectivity index (χ3v) is 5.70. The molecule has 1 saturated heterocycles. The number of rotatable bonds is 6. The molecule has 0 radical (unpaired) electrons. The van der Waals surface area contributed by atoms with E-state index in [0.29, 0.717) is 26.3 Å². The zero-order valence-electron chi connectivity index (χ0n) is 15.6. The quantitative estimate of drug-likeness (QED) is 0.540. The maximum absolute atomic E-state index is 13.2. The molecule has 0 aromatic heterocycles. The monoisotopic (exact) mass is 445 g/mol. The third kappa shape index (κ3) is 5.19. The number of alkyl halides is 3. The molecule has 0 aliphatic carbocycles. The molecule has 0 amide bonds. The molecule has 8 nitrogen and oxygen atoms in total. The van der Waals surface area contributed by atoms with Gasteiger partial charge in [0, 0.05) is 24.7 Å². The molecule has 0 unspecified atom stereocenters. The van der Waals surface area contributed by atoms with Crippen molar-refractivity contribution in [3.63, 3.8) is 0 Å². The van der Waals surface area contributed by atoms with Crippen molar-refractivity contribution in [1.82, 2.24) is 0 Å². The maximum atomic E-state index is 13.2. The first-order chi connectivity index (χ1) is 14.1. The van der Waals surface area contributed by atoms with Crippen LogP contribution in [0.1, 0.15) is 11.1 Å². The lowest BCUT2D eigenvalue weighted by atomic mass is 10.1. The Morgan fingerprint density at radius 1 is 1.13 bits per heavy atom. The van der Waals surface area contributed by atoms with Crippen molar-refractivity contribution >= 4 is 27.1 Å². The highest BCUT2D eigenvalue weighted by Crippen LogP contribution is 2.36. The summed E-state index contributed by atoms with van der Waals surface area (Å²) in [4.78, 5) is 12.1. The van der Waals surface area contributed by atoms with E-state index in [4.69, 9.17) is 4.74 Å². The van der Waals surface area contributed by atoms with E-state index in [2.05, 4.69) is 4.72 Å². The molecule has 2 aromatic rings. The average molecular weight is 445 g/mol. The fourth-order valence-electron chi connectivity index (χ4n) is 3.09. The molecular formula is C18H18F3N3O5S. The summed E-state index contributed by atoms with van der Waals surface area (Å²) in [5, 5.41) is 11.1. The van der Waals surface area contributed by atoms with Gasteiger partial charge in [0.2, 0.25) is 10.0 Å². The molecule has 1 aliphatic heterocycles. The topological polar surface area (TPSA) is 102 Å². The number of ether oxygens (including phenoxy) is 1. The molecule has 0 spiro atoms. The molecule has 12 heteroatoms. The second-order valence-electron chi connectivity index (χ2n) is 6.58. The van der Waals surface area contributed by atoms with E-state index in [1.54, 1.807) is 4.90 Å². The lowest BCUT2D eigenvalue weighted by Crippen LogP contribution is -2.37. The SMILES string of the molecule is O=[N+]([O-])c1ccccc1CS(=O)(=O)Nc1cc(C(F)(F)F)ccc1N1CCOCC1. The van der Waals surface area contributed by atoms with Crippen LogP contribution in [0.3, 0.4) is 0 Å². The number of sulfonamides is 1. The van der Waals surface area contributed by atoms with Gasteiger partial charge in [0.1, 0.15) is 5.75 Å². The van der Waals surface area contributed by atoms with E-state index in [1.165, 1.54) is 24.3 Å². The van der Waals surface area contributed by atoms with Gasteiger partial charge in [0.05, 0.1) is 35.1 Å². The number of halogens is 3. The number of nitro groups is 1. The van der Waals surface area contributed by atoms with Crippen LogP contribution in [-0.4, -0.2) is 39.6 Å². The number of nitrogens with one attached hydrogen (secondary N) is 1. The normalized spacial score (nSPS) is 15.1. The summed E-state index contributed by atoms with van der Waals surface area (Å²) in [7, 11) is -4.25. The first-order valence-electron chi connectivity index (χ1n) is 8.83. The number of para-hydroxylation sites is 1. The zero-order valence-corrected chi connectivity index (χ0v) is 16.4. The summed E-state index contributed by atoms with van der Waals surface area (Å²) < 4.78 is 72.3. The van der Waals surface area contributed by atoms with Crippen molar-refractivity contribution in [3.8, 4) is 0 Å². The Hall–Kier alpha value is -2.86. The molecule has 1 aliphatic rings. The van der Waals surface area contributed by atoms with Crippen molar-refractivity contribution in [3.05, 3.63) is 63.7 Å². The van der Waals surface area contributed by atoms with Gasteiger partial charge in [-0.05, 0) is 18.2 Å². The Morgan fingerprint density at radius 3 is 2.43 bits per heavy atom.